The molecule has 0 aliphatic heterocycles. The van der Waals surface area contributed by atoms with Crippen molar-refractivity contribution < 1.29 is 0 Å². The zero-order chi connectivity index (χ0) is 6.57. The molecule has 0 aliphatic carbocycles. The summed E-state index contributed by atoms with van der Waals surface area (Å²) in [5.41, 5.74) is 0. The lowest BCUT2D eigenvalue weighted by atomic mass is 10.6. The number of allylic oxidation sites excluding steroid dienone is 1. The van der Waals surface area contributed by atoms with E-state index in [-0.39, 0.29) is 0 Å². The van der Waals surface area contributed by atoms with Crippen molar-refractivity contribution >= 4 is 15.9 Å². The molecule has 0 aliphatic rings. The summed E-state index contributed by atoms with van der Waals surface area (Å²) in [5, 5.41) is 0. The quantitative estimate of drug-likeness (QED) is 0.623. The van der Waals surface area contributed by atoms with E-state index in [9.17, 15) is 0 Å². The molecule has 0 unspecified atom stereocenters. The lowest BCUT2D eigenvalue weighted by Crippen LogP contribution is -1.98. The largest absolute Gasteiger partial charge is 0.357 e. The van der Waals surface area contributed by atoms with Crippen LogP contribution in [-0.4, -0.2) is 11.9 Å². The highest BCUT2D eigenvalue weighted by molar-refractivity contribution is 9.11. The van der Waals surface area contributed by atoms with Crippen LogP contribution in [0.3, 0.4) is 0 Å². The molecule has 8 heavy (non-hydrogen) atoms. The molecule has 0 atom stereocenters. The Bertz CT molecular complexity index is 103. The van der Waals surface area contributed by atoms with Crippen LogP contribution in [-0.2, 0) is 0 Å². The Labute approximate surface area is 58.8 Å². The zero-order valence-corrected chi connectivity index (χ0v) is 6.77. The van der Waals surface area contributed by atoms with Crippen LogP contribution >= 0.6 is 15.9 Å². The summed E-state index contributed by atoms with van der Waals surface area (Å²) in [5.74, 6) is 0. The van der Waals surface area contributed by atoms with E-state index in [0.29, 0.717) is 0 Å². The third-order valence-electron chi connectivity index (χ3n) is 0.670. The van der Waals surface area contributed by atoms with Crippen molar-refractivity contribution in [1.29, 1.82) is 0 Å². The summed E-state index contributed by atoms with van der Waals surface area (Å²) in [6.07, 6.45) is 3.68. The molecule has 0 spiro atoms. The van der Waals surface area contributed by atoms with Crippen molar-refractivity contribution in [3.63, 3.8) is 0 Å². The first-order valence-corrected chi connectivity index (χ1v) is 3.14. The van der Waals surface area contributed by atoms with Crippen LogP contribution in [0.5, 0.6) is 0 Å². The van der Waals surface area contributed by atoms with E-state index in [1.54, 1.807) is 6.20 Å². The van der Waals surface area contributed by atoms with E-state index in [1.165, 1.54) is 0 Å². The highest BCUT2D eigenvalue weighted by Gasteiger charge is 1.80. The van der Waals surface area contributed by atoms with Crippen LogP contribution in [0.1, 0.15) is 6.92 Å². The second-order valence-corrected chi connectivity index (χ2v) is 2.81. The average molecular weight is 176 g/mol. The predicted octanol–water partition coefficient (Wildman–Crippen LogP) is 2.32. The van der Waals surface area contributed by atoms with Gasteiger partial charge in [0.2, 0.25) is 0 Å². The molecule has 0 amide bonds. The molecule has 0 radical (unpaired) electrons. The molecule has 0 aromatic rings. The summed E-state index contributed by atoms with van der Waals surface area (Å²) in [4.78, 5) is 1.88. The molecule has 0 rings (SSSR count). The Hall–Kier alpha value is -0.240. The van der Waals surface area contributed by atoms with E-state index in [2.05, 4.69) is 22.5 Å². The molecular weight excluding hydrogens is 166 g/mol. The van der Waals surface area contributed by atoms with Crippen LogP contribution in [0, 0.1) is 0 Å². The number of rotatable bonds is 2. The van der Waals surface area contributed by atoms with Gasteiger partial charge in [-0.2, -0.15) is 0 Å². The van der Waals surface area contributed by atoms with Crippen LogP contribution in [0.25, 0.3) is 0 Å². The fourth-order valence-electron chi connectivity index (χ4n) is 0.333. The lowest BCUT2D eigenvalue weighted by molar-refractivity contribution is 0.626. The van der Waals surface area contributed by atoms with E-state index < -0.39 is 0 Å². The zero-order valence-electron chi connectivity index (χ0n) is 5.19. The van der Waals surface area contributed by atoms with Gasteiger partial charge < -0.3 is 4.90 Å². The van der Waals surface area contributed by atoms with E-state index in [0.717, 1.165) is 4.48 Å². The van der Waals surface area contributed by atoms with Gasteiger partial charge in [0.15, 0.2) is 0 Å². The van der Waals surface area contributed by atoms with Gasteiger partial charge in [-0.05, 0) is 13.1 Å². The smallest absolute Gasteiger partial charge is 0.0130 e. The van der Waals surface area contributed by atoms with Crippen molar-refractivity contribution in [1.82, 2.24) is 4.90 Å². The topological polar surface area (TPSA) is 3.24 Å². The standard InChI is InChI=1S/C6H10BrN/c1-4-8(3)5-6(2)7/h4-5H,1H2,2-3H3/b6-5+. The van der Waals surface area contributed by atoms with Gasteiger partial charge >= 0.3 is 0 Å². The van der Waals surface area contributed by atoms with Gasteiger partial charge in [-0.15, -0.1) is 0 Å². The summed E-state index contributed by atoms with van der Waals surface area (Å²) in [6.45, 7) is 5.55. The summed E-state index contributed by atoms with van der Waals surface area (Å²) < 4.78 is 1.10. The van der Waals surface area contributed by atoms with Gasteiger partial charge in [0.25, 0.3) is 0 Å². The fraction of sp³-hybridized carbons (Fsp3) is 0.333. The Morgan fingerprint density at radius 1 is 1.75 bits per heavy atom. The maximum Gasteiger partial charge on any atom is 0.0130 e. The summed E-state index contributed by atoms with van der Waals surface area (Å²) >= 11 is 3.29. The monoisotopic (exact) mass is 175 g/mol. The van der Waals surface area contributed by atoms with Crippen molar-refractivity contribution in [2.45, 2.75) is 6.92 Å². The third kappa shape index (κ3) is 3.93. The second-order valence-electron chi connectivity index (χ2n) is 1.56. The molecule has 2 heteroatoms. The first kappa shape index (κ1) is 7.76. The van der Waals surface area contributed by atoms with Gasteiger partial charge in [0.1, 0.15) is 0 Å². The minimum absolute atomic E-state index is 1.10. The number of hydrogen-bond acceptors (Lipinski definition) is 1. The van der Waals surface area contributed by atoms with E-state index in [1.807, 2.05) is 25.1 Å². The maximum atomic E-state index is 3.57. The Kier molecular flexibility index (Phi) is 3.61. The molecule has 0 N–H and O–H groups in total. The highest BCUT2D eigenvalue weighted by atomic mass is 79.9. The van der Waals surface area contributed by atoms with Gasteiger partial charge in [-0.1, -0.05) is 22.5 Å². The fourth-order valence-corrected chi connectivity index (χ4v) is 0.656. The minimum atomic E-state index is 1.10. The molecule has 0 bridgehead atoms. The molecule has 0 aromatic heterocycles. The van der Waals surface area contributed by atoms with Crippen LogP contribution in [0.4, 0.5) is 0 Å². The average Bonchev–Trinajstić information content (AvgIpc) is 1.65. The van der Waals surface area contributed by atoms with Gasteiger partial charge in [0, 0.05) is 17.7 Å². The molecule has 46 valence electrons. The van der Waals surface area contributed by atoms with Crippen molar-refractivity contribution in [3.8, 4) is 0 Å². The molecule has 0 saturated heterocycles. The van der Waals surface area contributed by atoms with Crippen LogP contribution < -0.4 is 0 Å². The van der Waals surface area contributed by atoms with Gasteiger partial charge in [0.05, 0.1) is 0 Å². The molecule has 1 nitrogen and oxygen atoms in total. The SMILES string of the molecule is C=CN(C)/C=C(\C)Br. The molecule has 0 fully saturated rings. The Balaban J connectivity index is 3.68. The first-order valence-electron chi connectivity index (χ1n) is 2.35. The summed E-state index contributed by atoms with van der Waals surface area (Å²) in [6, 6.07) is 0. The second kappa shape index (κ2) is 3.72. The normalized spacial score (nSPS) is 11.1. The highest BCUT2D eigenvalue weighted by Crippen LogP contribution is 2.02. The number of halogens is 1. The molecule has 0 heterocycles. The lowest BCUT2D eigenvalue weighted by Gasteiger charge is -2.04. The van der Waals surface area contributed by atoms with Crippen molar-refractivity contribution in [2.75, 3.05) is 7.05 Å². The predicted molar refractivity (Wildman–Crippen MR) is 40.6 cm³/mol. The maximum absolute atomic E-state index is 3.57. The van der Waals surface area contributed by atoms with Crippen molar-refractivity contribution in [2.24, 2.45) is 0 Å². The summed E-state index contributed by atoms with van der Waals surface area (Å²) in [7, 11) is 1.93. The molecular formula is C6H10BrN. The third-order valence-corrected chi connectivity index (χ3v) is 0.874. The number of hydrogen-bond donors (Lipinski definition) is 0. The van der Waals surface area contributed by atoms with Gasteiger partial charge in [-0.25, -0.2) is 0 Å². The number of nitrogens with zero attached hydrogens (tertiary/aromatic N) is 1. The first-order chi connectivity index (χ1) is 3.66. The van der Waals surface area contributed by atoms with Crippen molar-refractivity contribution in [3.05, 3.63) is 23.5 Å². The molecule has 0 aromatic carbocycles. The Morgan fingerprint density at radius 2 is 2.25 bits per heavy atom. The van der Waals surface area contributed by atoms with E-state index in [4.69, 9.17) is 0 Å². The van der Waals surface area contributed by atoms with Crippen LogP contribution in [0.15, 0.2) is 23.5 Å². The van der Waals surface area contributed by atoms with E-state index >= 15 is 0 Å². The molecule has 0 saturated carbocycles. The van der Waals surface area contributed by atoms with Crippen LogP contribution in [0.2, 0.25) is 0 Å². The minimum Gasteiger partial charge on any atom is -0.357 e. The van der Waals surface area contributed by atoms with Gasteiger partial charge in [-0.3, -0.25) is 0 Å². The Morgan fingerprint density at radius 3 is 2.38 bits per heavy atom.